The Morgan fingerprint density at radius 3 is 1.14 bits per heavy atom. The maximum absolute atomic E-state index is 8.89. The molecule has 0 aromatic heterocycles. The average Bonchev–Trinajstić information content (AvgIpc) is 2.41. The Morgan fingerprint density at radius 2 is 0.952 bits per heavy atom. The first-order chi connectivity index (χ1) is 8.69. The molecule has 4 nitrogen and oxygen atoms in total. The Bertz CT molecular complexity index is 561. The number of para-hydroxylation sites is 2. The van der Waals surface area contributed by atoms with Gasteiger partial charge in [0.05, 0.1) is 11.1 Å². The van der Waals surface area contributed by atoms with E-state index in [9.17, 15) is 0 Å². The second-order valence-electron chi connectivity index (χ2n) is 3.26. The van der Waals surface area contributed by atoms with Gasteiger partial charge in [0.2, 0.25) is 0 Å². The zero-order valence-electron chi connectivity index (χ0n) is 11.9. The van der Waals surface area contributed by atoms with Crippen molar-refractivity contribution in [1.82, 2.24) is 0 Å². The second-order valence-corrected chi connectivity index (χ2v) is 3.26. The molecule has 0 saturated heterocycles. The van der Waals surface area contributed by atoms with Gasteiger partial charge >= 0.3 is 21.7 Å². The summed E-state index contributed by atoms with van der Waals surface area (Å²) in [5.74, 6) is 0.0833. The molecule has 0 amide bonds. The minimum atomic E-state index is 0. The Hall–Kier alpha value is -2.27. The molecule has 21 heavy (non-hydrogen) atoms. The predicted molar refractivity (Wildman–Crippen MR) is 78.5 cm³/mol. The number of hydrogen-bond acceptors (Lipinski definition) is 4. The summed E-state index contributed by atoms with van der Waals surface area (Å²) in [5, 5.41) is 34.4. The van der Waals surface area contributed by atoms with Crippen LogP contribution in [0, 0.1) is 37.5 Å². The Kier molecular flexibility index (Phi) is 14.5. The van der Waals surface area contributed by atoms with Gasteiger partial charge in [-0.05, 0) is 24.3 Å². The van der Waals surface area contributed by atoms with Crippen molar-refractivity contribution in [2.45, 2.75) is 0 Å². The zero-order valence-corrected chi connectivity index (χ0v) is 13.5. The molecule has 0 aliphatic heterocycles. The van der Waals surface area contributed by atoms with Crippen LogP contribution in [0.1, 0.15) is 11.1 Å². The summed E-state index contributed by atoms with van der Waals surface area (Å²) >= 11 is 0. The molecular formula is C16H16N2O2Ti. The van der Waals surface area contributed by atoms with Crippen LogP contribution in [0.2, 0.25) is 0 Å². The summed E-state index contributed by atoms with van der Waals surface area (Å²) in [7, 11) is 0. The third-order valence-electron chi connectivity index (χ3n) is 2.05. The minimum absolute atomic E-state index is 0. The maximum Gasteiger partial charge on any atom is 2.00 e. The van der Waals surface area contributed by atoms with Gasteiger partial charge in [-0.25, -0.2) is 0 Å². The molecule has 0 saturated carbocycles. The third-order valence-corrected chi connectivity index (χ3v) is 2.05. The van der Waals surface area contributed by atoms with E-state index in [1.165, 1.54) is 12.1 Å². The summed E-state index contributed by atoms with van der Waals surface area (Å²) in [6.45, 7) is 0. The molecule has 0 fully saturated rings. The van der Waals surface area contributed by atoms with Gasteiger partial charge in [0, 0.05) is 0 Å². The van der Waals surface area contributed by atoms with Crippen molar-refractivity contribution in [3.8, 4) is 23.6 Å². The molecule has 2 rings (SSSR count). The van der Waals surface area contributed by atoms with Gasteiger partial charge < -0.3 is 25.1 Å². The van der Waals surface area contributed by atoms with Crippen LogP contribution in [0.4, 0.5) is 0 Å². The first-order valence-corrected chi connectivity index (χ1v) is 5.05. The van der Waals surface area contributed by atoms with Crippen LogP contribution in [0.15, 0.2) is 48.5 Å². The molecule has 0 aliphatic rings. The number of aromatic hydroxyl groups is 2. The molecule has 2 aromatic rings. The van der Waals surface area contributed by atoms with Gasteiger partial charge in [-0.1, -0.05) is 24.3 Å². The van der Waals surface area contributed by atoms with E-state index in [1.54, 1.807) is 36.4 Å². The van der Waals surface area contributed by atoms with Crippen molar-refractivity contribution in [1.29, 1.82) is 10.5 Å². The summed E-state index contributed by atoms with van der Waals surface area (Å²) in [4.78, 5) is 0. The number of nitriles is 2. The Balaban J connectivity index is -0.000000270. The van der Waals surface area contributed by atoms with Crippen LogP contribution in [0.3, 0.4) is 0 Å². The van der Waals surface area contributed by atoms with E-state index < -0.39 is 0 Å². The van der Waals surface area contributed by atoms with Crippen molar-refractivity contribution in [2.24, 2.45) is 0 Å². The normalized spacial score (nSPS) is 7.14. The van der Waals surface area contributed by atoms with E-state index in [4.69, 9.17) is 20.7 Å². The minimum Gasteiger partial charge on any atom is -0.507 e. The zero-order chi connectivity index (χ0) is 13.4. The Morgan fingerprint density at radius 1 is 0.667 bits per heavy atom. The first-order valence-electron chi connectivity index (χ1n) is 5.05. The molecular weight excluding hydrogens is 300 g/mol. The maximum atomic E-state index is 8.89. The van der Waals surface area contributed by atoms with Gasteiger partial charge in [0.25, 0.3) is 0 Å². The smallest absolute Gasteiger partial charge is 0.507 e. The third kappa shape index (κ3) is 7.79. The molecule has 2 aromatic carbocycles. The second kappa shape index (κ2) is 12.8. The Labute approximate surface area is 140 Å². The summed E-state index contributed by atoms with van der Waals surface area (Å²) in [6.07, 6.45) is 0. The molecule has 0 aliphatic carbocycles. The molecule has 0 spiro atoms. The van der Waals surface area contributed by atoms with Crippen molar-refractivity contribution in [3.63, 3.8) is 0 Å². The summed E-state index contributed by atoms with van der Waals surface area (Å²) in [5.41, 5.74) is 0.634. The van der Waals surface area contributed by atoms with Crippen molar-refractivity contribution in [2.75, 3.05) is 0 Å². The van der Waals surface area contributed by atoms with Crippen LogP contribution in [0.25, 0.3) is 0 Å². The number of benzene rings is 2. The molecule has 0 unspecified atom stereocenters. The van der Waals surface area contributed by atoms with Gasteiger partial charge in [-0.3, -0.25) is 0 Å². The van der Waals surface area contributed by atoms with Crippen LogP contribution >= 0.6 is 0 Å². The molecule has 0 heterocycles. The molecule has 2 N–H and O–H groups in total. The van der Waals surface area contributed by atoms with Gasteiger partial charge in [0.1, 0.15) is 23.6 Å². The largest absolute Gasteiger partial charge is 2.00 e. The monoisotopic (exact) mass is 316 g/mol. The number of phenolic OH excluding ortho intramolecular Hbond substituents is 2. The summed E-state index contributed by atoms with van der Waals surface area (Å²) < 4.78 is 0. The average molecular weight is 316 g/mol. The van der Waals surface area contributed by atoms with Crippen LogP contribution in [-0.4, -0.2) is 10.2 Å². The quantitative estimate of drug-likeness (QED) is 0.576. The SMILES string of the molecule is N#Cc1ccccc1O.N#Cc1ccccc1O.[CH3-].[CH3-].[Ti+2]. The number of phenols is 2. The fourth-order valence-corrected chi connectivity index (χ4v) is 1.14. The summed E-state index contributed by atoms with van der Waals surface area (Å²) in [6, 6.07) is 16.6. The van der Waals surface area contributed by atoms with Crippen LogP contribution in [0.5, 0.6) is 11.5 Å². The van der Waals surface area contributed by atoms with E-state index in [2.05, 4.69) is 0 Å². The van der Waals surface area contributed by atoms with Crippen molar-refractivity contribution < 1.29 is 31.9 Å². The van der Waals surface area contributed by atoms with E-state index in [-0.39, 0.29) is 48.1 Å². The van der Waals surface area contributed by atoms with Gasteiger partial charge in [-0.2, -0.15) is 10.5 Å². The fraction of sp³-hybridized carbons (Fsp3) is 0. The van der Waals surface area contributed by atoms with E-state index in [1.807, 2.05) is 12.1 Å². The molecule has 0 radical (unpaired) electrons. The standard InChI is InChI=1S/2C7H5NO.2CH3.Ti/c2*8-5-6-3-1-2-4-7(6)9;;;/h2*1-4,9H;2*1H3;/q;;2*-1;+2. The number of nitrogens with zero attached hydrogens (tertiary/aromatic N) is 2. The first kappa shape index (κ1) is 23.8. The number of hydrogen-bond donors (Lipinski definition) is 2. The molecule has 0 atom stereocenters. The van der Waals surface area contributed by atoms with E-state index in [0.717, 1.165) is 0 Å². The van der Waals surface area contributed by atoms with Gasteiger partial charge in [-0.15, -0.1) is 0 Å². The molecule has 106 valence electrons. The predicted octanol–water partition coefficient (Wildman–Crippen LogP) is 3.43. The fourth-order valence-electron chi connectivity index (χ4n) is 1.14. The van der Waals surface area contributed by atoms with Crippen LogP contribution in [-0.2, 0) is 21.7 Å². The van der Waals surface area contributed by atoms with E-state index >= 15 is 0 Å². The molecule has 0 bridgehead atoms. The van der Waals surface area contributed by atoms with E-state index in [0.29, 0.717) is 11.1 Å². The van der Waals surface area contributed by atoms with Crippen molar-refractivity contribution >= 4 is 0 Å². The molecule has 5 heteroatoms. The topological polar surface area (TPSA) is 88.0 Å². The number of rotatable bonds is 0. The van der Waals surface area contributed by atoms with Crippen molar-refractivity contribution in [3.05, 3.63) is 74.5 Å². The van der Waals surface area contributed by atoms with Gasteiger partial charge in [0.15, 0.2) is 0 Å². The van der Waals surface area contributed by atoms with Crippen LogP contribution < -0.4 is 0 Å².